The lowest BCUT2D eigenvalue weighted by atomic mass is 10.1. The number of fused-ring (bicyclic) bond motifs is 1. The molecule has 0 bridgehead atoms. The van der Waals surface area contributed by atoms with Crippen LogP contribution in [0.25, 0.3) is 15.9 Å². The van der Waals surface area contributed by atoms with Crippen LogP contribution >= 0.6 is 11.3 Å². The average molecular weight is 579 g/mol. The first kappa shape index (κ1) is 29.6. The van der Waals surface area contributed by atoms with Crippen LogP contribution in [0.4, 0.5) is 5.69 Å². The van der Waals surface area contributed by atoms with Gasteiger partial charge in [0.25, 0.3) is 11.5 Å². The van der Waals surface area contributed by atoms with Crippen LogP contribution in [0, 0.1) is 20.8 Å². The van der Waals surface area contributed by atoms with Gasteiger partial charge in [-0.25, -0.2) is 9.36 Å². The second-order valence-corrected chi connectivity index (χ2v) is 10.6. The number of hydrogen-bond acceptors (Lipinski definition) is 7. The standard InChI is InChI=1S/C30H34N4O6S/c1-8-32(9-2)28(37)26-19(5)25-27(36)34(21-12-10-17(3)18(4)14-21)30(38)33(29(25)41-26)16-24(35)31-20-11-13-22(39-6)23(15-20)40-7/h10-15H,8-9,16H2,1-7H3,(H,31,35). The van der Waals surface area contributed by atoms with E-state index in [1.807, 2.05) is 33.8 Å². The van der Waals surface area contributed by atoms with Crippen LogP contribution in [0.15, 0.2) is 46.0 Å². The van der Waals surface area contributed by atoms with Crippen molar-refractivity contribution in [3.63, 3.8) is 0 Å². The molecule has 0 aliphatic heterocycles. The molecule has 4 rings (SSSR count). The molecule has 0 spiro atoms. The third-order valence-electron chi connectivity index (χ3n) is 7.18. The summed E-state index contributed by atoms with van der Waals surface area (Å²) in [5.41, 5.74) is 2.04. The van der Waals surface area contributed by atoms with Crippen molar-refractivity contribution in [1.29, 1.82) is 0 Å². The van der Waals surface area contributed by atoms with Crippen molar-refractivity contribution in [3.05, 3.63) is 78.8 Å². The average Bonchev–Trinajstić information content (AvgIpc) is 3.30. The van der Waals surface area contributed by atoms with Gasteiger partial charge in [-0.1, -0.05) is 6.07 Å². The van der Waals surface area contributed by atoms with Crippen LogP contribution in [-0.4, -0.2) is 53.2 Å². The number of amides is 2. The van der Waals surface area contributed by atoms with Crippen LogP contribution in [-0.2, 0) is 11.3 Å². The Hall–Kier alpha value is -4.38. The molecule has 0 aliphatic carbocycles. The SMILES string of the molecule is CCN(CC)C(=O)c1sc2c(c1C)c(=O)n(-c1ccc(C)c(C)c1)c(=O)n2CC(=O)Nc1ccc(OC)c(OC)c1. The molecular weight excluding hydrogens is 544 g/mol. The molecule has 0 fully saturated rings. The molecule has 0 unspecified atom stereocenters. The molecule has 11 heteroatoms. The van der Waals surface area contributed by atoms with E-state index in [2.05, 4.69) is 5.32 Å². The van der Waals surface area contributed by atoms with E-state index in [0.717, 1.165) is 27.0 Å². The predicted octanol–water partition coefficient (Wildman–Crippen LogP) is 4.28. The highest BCUT2D eigenvalue weighted by molar-refractivity contribution is 7.20. The van der Waals surface area contributed by atoms with Crippen molar-refractivity contribution in [2.24, 2.45) is 0 Å². The molecule has 0 atom stereocenters. The van der Waals surface area contributed by atoms with Crippen molar-refractivity contribution in [3.8, 4) is 17.2 Å². The van der Waals surface area contributed by atoms with Crippen molar-refractivity contribution < 1.29 is 19.1 Å². The minimum atomic E-state index is -0.670. The lowest BCUT2D eigenvalue weighted by Crippen LogP contribution is -2.40. The summed E-state index contributed by atoms with van der Waals surface area (Å²) in [5, 5.41) is 3.03. The van der Waals surface area contributed by atoms with Gasteiger partial charge in [0.05, 0.1) is 30.2 Å². The molecule has 2 heterocycles. The summed E-state index contributed by atoms with van der Waals surface area (Å²) in [6, 6.07) is 10.2. The Bertz CT molecular complexity index is 1760. The number of carbonyl (C=O) groups is 2. The Kier molecular flexibility index (Phi) is 8.67. The first-order valence-electron chi connectivity index (χ1n) is 13.2. The number of aromatic nitrogens is 2. The Labute approximate surface area is 241 Å². The number of nitrogens with zero attached hydrogens (tertiary/aromatic N) is 3. The van der Waals surface area contributed by atoms with Gasteiger partial charge in [0, 0.05) is 24.8 Å². The number of anilines is 1. The number of methoxy groups -OCH3 is 2. The van der Waals surface area contributed by atoms with Crippen LogP contribution < -0.4 is 26.0 Å². The summed E-state index contributed by atoms with van der Waals surface area (Å²) in [4.78, 5) is 56.8. The number of benzene rings is 2. The van der Waals surface area contributed by atoms with Gasteiger partial charge in [-0.15, -0.1) is 11.3 Å². The number of nitrogens with one attached hydrogen (secondary N) is 1. The normalized spacial score (nSPS) is 11.0. The third kappa shape index (κ3) is 5.49. The molecule has 4 aromatic rings. The fourth-order valence-electron chi connectivity index (χ4n) is 4.69. The molecule has 0 saturated carbocycles. The van der Waals surface area contributed by atoms with E-state index < -0.39 is 17.2 Å². The largest absolute Gasteiger partial charge is 0.493 e. The monoisotopic (exact) mass is 578 g/mol. The number of hydrogen-bond donors (Lipinski definition) is 1. The minimum Gasteiger partial charge on any atom is -0.493 e. The summed E-state index contributed by atoms with van der Waals surface area (Å²) in [6.45, 7) is 9.92. The molecule has 0 aliphatic rings. The smallest absolute Gasteiger partial charge is 0.337 e. The van der Waals surface area contributed by atoms with Crippen LogP contribution in [0.1, 0.15) is 40.2 Å². The summed E-state index contributed by atoms with van der Waals surface area (Å²) >= 11 is 1.06. The Morgan fingerprint density at radius 2 is 1.61 bits per heavy atom. The Morgan fingerprint density at radius 3 is 2.22 bits per heavy atom. The van der Waals surface area contributed by atoms with Gasteiger partial charge in [0.1, 0.15) is 11.4 Å². The van der Waals surface area contributed by atoms with E-state index >= 15 is 0 Å². The van der Waals surface area contributed by atoms with E-state index in [1.54, 1.807) is 42.2 Å². The number of aryl methyl sites for hydroxylation is 3. The zero-order valence-electron chi connectivity index (χ0n) is 24.3. The number of ether oxygens (including phenoxy) is 2. The van der Waals surface area contributed by atoms with E-state index in [1.165, 1.54) is 18.8 Å². The number of carbonyl (C=O) groups excluding carboxylic acids is 2. The second kappa shape index (κ2) is 12.0. The lowest BCUT2D eigenvalue weighted by Gasteiger charge is -2.17. The summed E-state index contributed by atoms with van der Waals surface area (Å²) in [5.74, 6) is 0.220. The van der Waals surface area contributed by atoms with E-state index in [9.17, 15) is 19.2 Å². The number of rotatable bonds is 9. The molecule has 1 N–H and O–H groups in total. The van der Waals surface area contributed by atoms with E-state index in [4.69, 9.17) is 9.47 Å². The topological polar surface area (TPSA) is 112 Å². The van der Waals surface area contributed by atoms with Crippen molar-refractivity contribution in [2.75, 3.05) is 32.6 Å². The maximum absolute atomic E-state index is 13.9. The molecule has 2 aromatic carbocycles. The Morgan fingerprint density at radius 1 is 0.927 bits per heavy atom. The molecule has 0 saturated heterocycles. The summed E-state index contributed by atoms with van der Waals surface area (Å²) in [6.07, 6.45) is 0. The van der Waals surface area contributed by atoms with Gasteiger partial charge < -0.3 is 19.7 Å². The van der Waals surface area contributed by atoms with Crippen LogP contribution in [0.3, 0.4) is 0 Å². The van der Waals surface area contributed by atoms with Crippen molar-refractivity contribution in [1.82, 2.24) is 14.0 Å². The Balaban J connectivity index is 1.90. The second-order valence-electron chi connectivity index (χ2n) is 9.61. The zero-order valence-corrected chi connectivity index (χ0v) is 25.1. The maximum atomic E-state index is 13.9. The molecule has 2 aromatic heterocycles. The number of thiophene rings is 1. The maximum Gasteiger partial charge on any atom is 0.337 e. The van der Waals surface area contributed by atoms with Gasteiger partial charge >= 0.3 is 5.69 Å². The van der Waals surface area contributed by atoms with Crippen LogP contribution in [0.5, 0.6) is 11.5 Å². The first-order valence-corrected chi connectivity index (χ1v) is 14.1. The van der Waals surface area contributed by atoms with Gasteiger partial charge in [-0.2, -0.15) is 0 Å². The predicted molar refractivity (Wildman–Crippen MR) is 161 cm³/mol. The highest BCUT2D eigenvalue weighted by atomic mass is 32.1. The highest BCUT2D eigenvalue weighted by Crippen LogP contribution is 2.31. The molecule has 41 heavy (non-hydrogen) atoms. The molecule has 10 nitrogen and oxygen atoms in total. The quantitative estimate of drug-likeness (QED) is 0.317. The molecule has 2 amide bonds. The fourth-order valence-corrected chi connectivity index (χ4v) is 5.95. The molecule has 0 radical (unpaired) electrons. The summed E-state index contributed by atoms with van der Waals surface area (Å²) in [7, 11) is 3.01. The molecule has 216 valence electrons. The summed E-state index contributed by atoms with van der Waals surface area (Å²) < 4.78 is 12.9. The molecular formula is C30H34N4O6S. The van der Waals surface area contributed by atoms with E-state index in [-0.39, 0.29) is 22.7 Å². The van der Waals surface area contributed by atoms with Gasteiger partial charge in [-0.3, -0.25) is 19.0 Å². The fraction of sp³-hybridized carbons (Fsp3) is 0.333. The van der Waals surface area contributed by atoms with Crippen LogP contribution in [0.2, 0.25) is 0 Å². The van der Waals surface area contributed by atoms with Gasteiger partial charge in [0.15, 0.2) is 11.5 Å². The minimum absolute atomic E-state index is 0.223. The van der Waals surface area contributed by atoms with Crippen molar-refractivity contribution in [2.45, 2.75) is 41.2 Å². The highest BCUT2D eigenvalue weighted by Gasteiger charge is 2.26. The van der Waals surface area contributed by atoms with E-state index in [0.29, 0.717) is 46.4 Å². The van der Waals surface area contributed by atoms with Crippen molar-refractivity contribution >= 4 is 39.1 Å². The third-order valence-corrected chi connectivity index (χ3v) is 8.48. The van der Waals surface area contributed by atoms with Gasteiger partial charge in [0.2, 0.25) is 5.91 Å². The zero-order chi connectivity index (χ0) is 30.0. The van der Waals surface area contributed by atoms with Gasteiger partial charge in [-0.05, 0) is 75.6 Å². The lowest BCUT2D eigenvalue weighted by molar-refractivity contribution is -0.116. The first-order chi connectivity index (χ1) is 19.6.